The standard InChI is InChI=1S/C15H29N3/c1-4-6-7-12-17-15(16-3)18-14-10-8-13(5-2)9-11-14/h4,6,13-14H,5,7-12H2,1-3H3,(H2,16,17,18)/b6-4+. The zero-order valence-corrected chi connectivity index (χ0v) is 12.2. The predicted octanol–water partition coefficient (Wildman–Crippen LogP) is 3.09. The highest BCUT2D eigenvalue weighted by molar-refractivity contribution is 5.79. The van der Waals surface area contributed by atoms with E-state index in [-0.39, 0.29) is 0 Å². The summed E-state index contributed by atoms with van der Waals surface area (Å²) < 4.78 is 0. The van der Waals surface area contributed by atoms with Gasteiger partial charge in [-0.2, -0.15) is 0 Å². The zero-order chi connectivity index (χ0) is 13.2. The molecule has 3 nitrogen and oxygen atoms in total. The molecule has 0 bridgehead atoms. The van der Waals surface area contributed by atoms with Crippen LogP contribution >= 0.6 is 0 Å². The summed E-state index contributed by atoms with van der Waals surface area (Å²) >= 11 is 0. The molecule has 0 saturated heterocycles. The molecule has 2 N–H and O–H groups in total. The van der Waals surface area contributed by atoms with Gasteiger partial charge in [0.05, 0.1) is 0 Å². The number of allylic oxidation sites excluding steroid dienone is 1. The second kappa shape index (κ2) is 9.01. The number of hydrogen-bond donors (Lipinski definition) is 2. The van der Waals surface area contributed by atoms with Crippen LogP contribution in [0.25, 0.3) is 0 Å². The summed E-state index contributed by atoms with van der Waals surface area (Å²) in [7, 11) is 1.85. The van der Waals surface area contributed by atoms with E-state index in [1.54, 1.807) is 0 Å². The van der Waals surface area contributed by atoms with Crippen LogP contribution in [0.3, 0.4) is 0 Å². The third-order valence-electron chi connectivity index (χ3n) is 3.83. The Kier molecular flexibility index (Phi) is 7.54. The quantitative estimate of drug-likeness (QED) is 0.341. The Balaban J connectivity index is 2.23. The van der Waals surface area contributed by atoms with Crippen molar-refractivity contribution in [3.63, 3.8) is 0 Å². The van der Waals surface area contributed by atoms with Gasteiger partial charge in [0, 0.05) is 19.6 Å². The molecule has 0 aromatic carbocycles. The molecular weight excluding hydrogens is 222 g/mol. The van der Waals surface area contributed by atoms with Crippen molar-refractivity contribution in [2.75, 3.05) is 13.6 Å². The fraction of sp³-hybridized carbons (Fsp3) is 0.800. The molecule has 1 aliphatic rings. The number of guanidine groups is 1. The Morgan fingerprint density at radius 1 is 1.28 bits per heavy atom. The molecule has 0 aromatic heterocycles. The number of nitrogens with zero attached hydrogens (tertiary/aromatic N) is 1. The third kappa shape index (κ3) is 5.56. The topological polar surface area (TPSA) is 36.4 Å². The SMILES string of the molecule is C/C=C/CCNC(=NC)NC1CCC(CC)CC1. The Morgan fingerprint density at radius 2 is 2.00 bits per heavy atom. The Labute approximate surface area is 112 Å². The van der Waals surface area contributed by atoms with Crippen LogP contribution in [0.5, 0.6) is 0 Å². The first-order valence-corrected chi connectivity index (χ1v) is 7.38. The molecule has 0 atom stereocenters. The maximum Gasteiger partial charge on any atom is 0.191 e. The van der Waals surface area contributed by atoms with Crippen molar-refractivity contribution >= 4 is 5.96 Å². The van der Waals surface area contributed by atoms with E-state index in [2.05, 4.69) is 41.6 Å². The van der Waals surface area contributed by atoms with E-state index < -0.39 is 0 Å². The van der Waals surface area contributed by atoms with Gasteiger partial charge in [-0.05, 0) is 44.9 Å². The molecule has 3 heteroatoms. The summed E-state index contributed by atoms with van der Waals surface area (Å²) in [5.41, 5.74) is 0. The van der Waals surface area contributed by atoms with E-state index in [0.717, 1.165) is 24.8 Å². The highest BCUT2D eigenvalue weighted by Gasteiger charge is 2.20. The number of aliphatic imine (C=N–C) groups is 1. The fourth-order valence-electron chi connectivity index (χ4n) is 2.54. The lowest BCUT2D eigenvalue weighted by molar-refractivity contribution is 0.304. The van der Waals surface area contributed by atoms with Crippen molar-refractivity contribution in [3.8, 4) is 0 Å². The minimum absolute atomic E-state index is 0.612. The molecule has 0 aliphatic heterocycles. The number of rotatable bonds is 5. The molecule has 1 aliphatic carbocycles. The number of nitrogens with one attached hydrogen (secondary N) is 2. The van der Waals surface area contributed by atoms with E-state index in [1.165, 1.54) is 32.1 Å². The minimum Gasteiger partial charge on any atom is -0.356 e. The van der Waals surface area contributed by atoms with Gasteiger partial charge in [0.25, 0.3) is 0 Å². The van der Waals surface area contributed by atoms with Gasteiger partial charge in [-0.25, -0.2) is 0 Å². The largest absolute Gasteiger partial charge is 0.356 e. The summed E-state index contributed by atoms with van der Waals surface area (Å²) in [6, 6.07) is 0.612. The van der Waals surface area contributed by atoms with Gasteiger partial charge in [-0.3, -0.25) is 4.99 Å². The van der Waals surface area contributed by atoms with Crippen molar-refractivity contribution < 1.29 is 0 Å². The molecular formula is C15H29N3. The molecule has 0 radical (unpaired) electrons. The lowest BCUT2D eigenvalue weighted by Crippen LogP contribution is -2.45. The maximum atomic E-state index is 4.29. The van der Waals surface area contributed by atoms with Crippen LogP contribution in [-0.2, 0) is 0 Å². The average Bonchev–Trinajstić information content (AvgIpc) is 2.43. The summed E-state index contributed by atoms with van der Waals surface area (Å²) in [6.45, 7) is 5.31. The van der Waals surface area contributed by atoms with Crippen LogP contribution in [0.2, 0.25) is 0 Å². The normalized spacial score (nSPS) is 25.4. The Morgan fingerprint density at radius 3 is 2.56 bits per heavy atom. The van der Waals surface area contributed by atoms with E-state index >= 15 is 0 Å². The van der Waals surface area contributed by atoms with E-state index in [4.69, 9.17) is 0 Å². The molecule has 18 heavy (non-hydrogen) atoms. The second-order valence-electron chi connectivity index (χ2n) is 5.13. The van der Waals surface area contributed by atoms with Crippen molar-refractivity contribution in [3.05, 3.63) is 12.2 Å². The predicted molar refractivity (Wildman–Crippen MR) is 80.0 cm³/mol. The molecule has 0 heterocycles. The first-order valence-electron chi connectivity index (χ1n) is 7.38. The van der Waals surface area contributed by atoms with Crippen LogP contribution in [-0.4, -0.2) is 25.6 Å². The summed E-state index contributed by atoms with van der Waals surface area (Å²) in [5, 5.41) is 6.91. The molecule has 0 spiro atoms. The van der Waals surface area contributed by atoms with Gasteiger partial charge in [0.1, 0.15) is 0 Å². The van der Waals surface area contributed by atoms with Gasteiger partial charge in [0.2, 0.25) is 0 Å². The van der Waals surface area contributed by atoms with Crippen LogP contribution in [0, 0.1) is 5.92 Å². The second-order valence-corrected chi connectivity index (χ2v) is 5.13. The van der Waals surface area contributed by atoms with Gasteiger partial charge < -0.3 is 10.6 Å². The van der Waals surface area contributed by atoms with Crippen molar-refractivity contribution in [1.82, 2.24) is 10.6 Å². The molecule has 0 amide bonds. The van der Waals surface area contributed by atoms with Crippen molar-refractivity contribution in [1.29, 1.82) is 0 Å². The van der Waals surface area contributed by atoms with Gasteiger partial charge in [-0.15, -0.1) is 0 Å². The van der Waals surface area contributed by atoms with E-state index in [1.807, 2.05) is 7.05 Å². The molecule has 0 unspecified atom stereocenters. The first-order chi connectivity index (χ1) is 8.80. The van der Waals surface area contributed by atoms with Gasteiger partial charge in [-0.1, -0.05) is 25.5 Å². The van der Waals surface area contributed by atoms with E-state index in [0.29, 0.717) is 6.04 Å². The fourth-order valence-corrected chi connectivity index (χ4v) is 2.54. The lowest BCUT2D eigenvalue weighted by atomic mass is 9.84. The average molecular weight is 251 g/mol. The van der Waals surface area contributed by atoms with Crippen LogP contribution < -0.4 is 10.6 Å². The Bertz CT molecular complexity index is 263. The molecule has 104 valence electrons. The lowest BCUT2D eigenvalue weighted by Gasteiger charge is -2.29. The van der Waals surface area contributed by atoms with Crippen LogP contribution in [0.15, 0.2) is 17.1 Å². The van der Waals surface area contributed by atoms with Crippen LogP contribution in [0.4, 0.5) is 0 Å². The first kappa shape index (κ1) is 15.1. The monoisotopic (exact) mass is 251 g/mol. The minimum atomic E-state index is 0.612. The summed E-state index contributed by atoms with van der Waals surface area (Å²) in [4.78, 5) is 4.29. The smallest absolute Gasteiger partial charge is 0.191 e. The molecule has 0 aromatic rings. The summed E-state index contributed by atoms with van der Waals surface area (Å²) in [5.74, 6) is 1.91. The maximum absolute atomic E-state index is 4.29. The Hall–Kier alpha value is -0.990. The molecule has 1 rings (SSSR count). The number of hydrogen-bond acceptors (Lipinski definition) is 1. The third-order valence-corrected chi connectivity index (χ3v) is 3.83. The van der Waals surface area contributed by atoms with Gasteiger partial charge in [0.15, 0.2) is 5.96 Å². The molecule has 1 saturated carbocycles. The van der Waals surface area contributed by atoms with Crippen molar-refractivity contribution in [2.24, 2.45) is 10.9 Å². The van der Waals surface area contributed by atoms with Gasteiger partial charge >= 0.3 is 0 Å². The van der Waals surface area contributed by atoms with Crippen LogP contribution in [0.1, 0.15) is 52.4 Å². The highest BCUT2D eigenvalue weighted by Crippen LogP contribution is 2.26. The zero-order valence-electron chi connectivity index (χ0n) is 12.2. The van der Waals surface area contributed by atoms with E-state index in [9.17, 15) is 0 Å². The molecule has 1 fully saturated rings. The van der Waals surface area contributed by atoms with Crippen molar-refractivity contribution in [2.45, 2.75) is 58.4 Å². The summed E-state index contributed by atoms with van der Waals surface area (Å²) in [6.07, 6.45) is 12.0. The highest BCUT2D eigenvalue weighted by atomic mass is 15.2.